The van der Waals surface area contributed by atoms with Crippen LogP contribution in [0.25, 0.3) is 0 Å². The third-order valence-electron chi connectivity index (χ3n) is 15.1. The maximum Gasteiger partial charge on any atom is 0.187 e. The van der Waals surface area contributed by atoms with Crippen molar-refractivity contribution in [3.63, 3.8) is 0 Å². The number of allylic oxidation sites excluding steroid dienone is 2. The van der Waals surface area contributed by atoms with Crippen molar-refractivity contribution in [1.29, 1.82) is 0 Å². The molecule has 2 heterocycles. The Hall–Kier alpha value is -1.07. The van der Waals surface area contributed by atoms with Crippen molar-refractivity contribution in [2.24, 2.45) is 39.9 Å². The first-order valence-electron chi connectivity index (χ1n) is 19.7. The lowest BCUT2D eigenvalue weighted by Gasteiger charge is -2.66. The van der Waals surface area contributed by atoms with Crippen LogP contribution in [0, 0.1) is 39.9 Å². The highest BCUT2D eigenvalue weighted by atomic mass is 16.8. The summed E-state index contributed by atoms with van der Waals surface area (Å²) < 4.78 is 23.8. The zero-order valence-corrected chi connectivity index (χ0v) is 31.2. The average molecular weight is 741 g/mol. The molecule has 0 aromatic heterocycles. The van der Waals surface area contributed by atoms with E-state index in [0.29, 0.717) is 25.2 Å². The molecule has 2 saturated heterocycles. The third-order valence-corrected chi connectivity index (χ3v) is 15.1. The van der Waals surface area contributed by atoms with Gasteiger partial charge in [0.05, 0.1) is 25.4 Å². The number of aliphatic hydroxyl groups is 8. The molecule has 6 aliphatic rings. The first-order chi connectivity index (χ1) is 24.6. The normalized spacial score (nSPS) is 51.1. The van der Waals surface area contributed by atoms with Gasteiger partial charge in [-0.2, -0.15) is 0 Å². The zero-order chi connectivity index (χ0) is 37.7. The molecule has 13 heteroatoms. The van der Waals surface area contributed by atoms with E-state index in [0.717, 1.165) is 51.4 Å². The summed E-state index contributed by atoms with van der Waals surface area (Å²) in [5.74, 6) is 0.934. The highest BCUT2D eigenvalue weighted by Gasteiger charge is 2.68. The van der Waals surface area contributed by atoms with Gasteiger partial charge in [-0.05, 0) is 119 Å². The van der Waals surface area contributed by atoms with E-state index in [1.165, 1.54) is 11.9 Å². The molecule has 298 valence electrons. The summed E-state index contributed by atoms with van der Waals surface area (Å²) in [6, 6.07) is 0. The average Bonchev–Trinajstić information content (AvgIpc) is 3.49. The van der Waals surface area contributed by atoms with Crippen molar-refractivity contribution in [3.05, 3.63) is 11.6 Å². The third kappa shape index (κ3) is 6.87. The Morgan fingerprint density at radius 3 is 2.10 bits per heavy atom. The van der Waals surface area contributed by atoms with Crippen molar-refractivity contribution in [1.82, 2.24) is 0 Å². The first-order valence-corrected chi connectivity index (χ1v) is 19.7. The number of carbonyl (C=O) groups excluding carboxylic acids is 1. The van der Waals surface area contributed by atoms with Crippen LogP contribution in [0.5, 0.6) is 0 Å². The monoisotopic (exact) mass is 740 g/mol. The van der Waals surface area contributed by atoms with Crippen LogP contribution in [0.2, 0.25) is 0 Å². The van der Waals surface area contributed by atoms with Gasteiger partial charge in [0.1, 0.15) is 55.1 Å². The van der Waals surface area contributed by atoms with E-state index < -0.39 is 86.1 Å². The van der Waals surface area contributed by atoms with Gasteiger partial charge in [-0.15, -0.1) is 0 Å². The molecular formula is C39H64O13. The summed E-state index contributed by atoms with van der Waals surface area (Å²) in [5, 5.41) is 83.9. The molecule has 52 heavy (non-hydrogen) atoms. The van der Waals surface area contributed by atoms with E-state index in [-0.39, 0.29) is 34.7 Å². The molecule has 2 aliphatic heterocycles. The lowest BCUT2D eigenvalue weighted by molar-refractivity contribution is -0.373. The minimum absolute atomic E-state index is 0.0214. The minimum atomic E-state index is -1.75. The zero-order valence-electron chi connectivity index (χ0n) is 31.2. The highest BCUT2D eigenvalue weighted by molar-refractivity contribution is 5.62. The SMILES string of the molecule is CC(C)=CCC[C@@H](O)[C@H]1CC[C@]2(C)[C@@H]1CC[C@@H]1[C@]3(C=O)CC[C@@H](O[C@@H]4O[C@H](CO)[C@@H](O)[C@H](O)[C@H]4O[C@@H]4O[C@H](CO)[C@@H](O)[C@H](O)[C@H]4O)C[C@H]3CC[C@]12C. The van der Waals surface area contributed by atoms with E-state index in [2.05, 4.69) is 33.8 Å². The minimum Gasteiger partial charge on any atom is -0.394 e. The van der Waals surface area contributed by atoms with E-state index in [9.17, 15) is 45.6 Å². The number of fused-ring (bicyclic) bond motifs is 5. The number of aldehydes is 1. The van der Waals surface area contributed by atoms with Crippen molar-refractivity contribution in [2.75, 3.05) is 13.2 Å². The van der Waals surface area contributed by atoms with Crippen LogP contribution in [0.1, 0.15) is 98.3 Å². The molecule has 4 saturated carbocycles. The van der Waals surface area contributed by atoms with Crippen molar-refractivity contribution >= 4 is 6.29 Å². The Bertz CT molecular complexity index is 1260. The van der Waals surface area contributed by atoms with Crippen LogP contribution in [-0.4, -0.2) is 134 Å². The summed E-state index contributed by atoms with van der Waals surface area (Å²) in [7, 11) is 0. The molecule has 0 amide bonds. The predicted molar refractivity (Wildman–Crippen MR) is 186 cm³/mol. The fourth-order valence-corrected chi connectivity index (χ4v) is 12.0. The van der Waals surface area contributed by atoms with E-state index in [1.54, 1.807) is 0 Å². The summed E-state index contributed by atoms with van der Waals surface area (Å²) in [4.78, 5) is 13.4. The highest BCUT2D eigenvalue weighted by Crippen LogP contribution is 2.73. The predicted octanol–water partition coefficient (Wildman–Crippen LogP) is 1.33. The summed E-state index contributed by atoms with van der Waals surface area (Å²) >= 11 is 0. The largest absolute Gasteiger partial charge is 0.394 e. The number of aliphatic hydroxyl groups excluding tert-OH is 8. The molecule has 0 unspecified atom stereocenters. The van der Waals surface area contributed by atoms with Gasteiger partial charge in [0.2, 0.25) is 0 Å². The van der Waals surface area contributed by atoms with Gasteiger partial charge in [0.25, 0.3) is 0 Å². The number of carbonyl (C=O) groups is 1. The van der Waals surface area contributed by atoms with E-state index >= 15 is 0 Å². The van der Waals surface area contributed by atoms with Gasteiger partial charge in [-0.25, -0.2) is 0 Å². The molecule has 0 spiro atoms. The lowest BCUT2D eigenvalue weighted by Crippen LogP contribution is -2.65. The number of hydrogen-bond acceptors (Lipinski definition) is 13. The molecule has 6 fully saturated rings. The van der Waals surface area contributed by atoms with Crippen LogP contribution in [-0.2, 0) is 23.7 Å². The van der Waals surface area contributed by atoms with Crippen LogP contribution in [0.4, 0.5) is 0 Å². The smallest absolute Gasteiger partial charge is 0.187 e. The molecule has 0 radical (unpaired) electrons. The van der Waals surface area contributed by atoms with Crippen LogP contribution >= 0.6 is 0 Å². The fourth-order valence-electron chi connectivity index (χ4n) is 12.0. The van der Waals surface area contributed by atoms with E-state index in [4.69, 9.17) is 18.9 Å². The van der Waals surface area contributed by atoms with Gasteiger partial charge in [0.15, 0.2) is 12.6 Å². The summed E-state index contributed by atoms with van der Waals surface area (Å²) in [5.41, 5.74) is 0.712. The van der Waals surface area contributed by atoms with Crippen LogP contribution in [0.15, 0.2) is 11.6 Å². The molecule has 4 aliphatic carbocycles. The van der Waals surface area contributed by atoms with E-state index in [1.807, 2.05) is 0 Å². The van der Waals surface area contributed by atoms with Gasteiger partial charge in [-0.3, -0.25) is 0 Å². The quantitative estimate of drug-likeness (QED) is 0.0854. The summed E-state index contributed by atoms with van der Waals surface area (Å²) in [6.07, 6.45) is -3.24. The molecule has 0 aromatic carbocycles. The second-order valence-corrected chi connectivity index (χ2v) is 17.7. The first kappa shape index (κ1) is 40.6. The molecule has 0 aromatic rings. The van der Waals surface area contributed by atoms with Crippen molar-refractivity contribution in [3.8, 4) is 0 Å². The maximum absolute atomic E-state index is 13.4. The van der Waals surface area contributed by atoms with Gasteiger partial charge in [0, 0.05) is 5.41 Å². The van der Waals surface area contributed by atoms with Gasteiger partial charge < -0.3 is 64.6 Å². The maximum atomic E-state index is 13.4. The van der Waals surface area contributed by atoms with Crippen molar-refractivity contribution < 1.29 is 64.6 Å². The molecule has 6 rings (SSSR count). The molecular weight excluding hydrogens is 676 g/mol. The standard InChI is InChI=1S/C39H64O13/c1-20(2)6-5-7-25(43)23-12-14-37(3)24(23)8-9-28-38(37,4)13-10-21-16-22(11-15-39(21,28)19-42)49-36-34(32(47)30(45)27(18-41)51-36)52-35-33(48)31(46)29(44)26(17-40)50-35/h6,19,21-36,40-41,43-48H,5,7-18H2,1-4H3/t21-,22-,23+,24-,25-,26-,27-,28+,29-,30-,31+,32+,33-,34-,35+,36-,37-,38-,39+/m1/s1. The Labute approximate surface area is 307 Å². The number of hydrogen-bond donors (Lipinski definition) is 8. The lowest BCUT2D eigenvalue weighted by atomic mass is 9.37. The Morgan fingerprint density at radius 2 is 1.44 bits per heavy atom. The second-order valence-electron chi connectivity index (χ2n) is 17.7. The molecule has 13 nitrogen and oxygen atoms in total. The molecule has 8 N–H and O–H groups in total. The Balaban J connectivity index is 1.16. The Kier molecular flexibility index (Phi) is 12.3. The molecule has 19 atom stereocenters. The van der Waals surface area contributed by atoms with Crippen molar-refractivity contribution in [2.45, 2.75) is 172 Å². The Morgan fingerprint density at radius 1 is 0.788 bits per heavy atom. The number of ether oxygens (including phenoxy) is 4. The van der Waals surface area contributed by atoms with Gasteiger partial charge >= 0.3 is 0 Å². The fraction of sp³-hybridized carbons (Fsp3) is 0.923. The van der Waals surface area contributed by atoms with Crippen LogP contribution < -0.4 is 0 Å². The van der Waals surface area contributed by atoms with Crippen LogP contribution in [0.3, 0.4) is 0 Å². The number of rotatable bonds is 11. The topological polar surface area (TPSA) is 216 Å². The van der Waals surface area contributed by atoms with Gasteiger partial charge in [-0.1, -0.05) is 25.5 Å². The summed E-state index contributed by atoms with van der Waals surface area (Å²) in [6.45, 7) is 7.72. The second kappa shape index (κ2) is 15.8. The molecule has 0 bridgehead atoms.